The minimum Gasteiger partial charge on any atom is -0.422 e. The molecular weight excluding hydrogens is 417 g/mol. The molecule has 32 heavy (non-hydrogen) atoms. The number of esters is 1. The number of halogens is 1. The molecule has 0 spiro atoms. The second-order valence-electron chi connectivity index (χ2n) is 7.80. The first kappa shape index (κ1) is 19.9. The highest BCUT2D eigenvalue weighted by molar-refractivity contribution is 6.06. The summed E-state index contributed by atoms with van der Waals surface area (Å²) in [6.07, 6.45) is 2.02. The summed E-state index contributed by atoms with van der Waals surface area (Å²) in [5.41, 5.74) is 1.44. The van der Waals surface area contributed by atoms with Gasteiger partial charge in [0.2, 0.25) is 5.91 Å². The number of fused-ring (bicyclic) bond motifs is 1. The Morgan fingerprint density at radius 2 is 1.91 bits per heavy atom. The van der Waals surface area contributed by atoms with Crippen LogP contribution < -0.4 is 5.32 Å². The molecule has 2 fully saturated rings. The highest BCUT2D eigenvalue weighted by Crippen LogP contribution is 2.31. The lowest BCUT2D eigenvalue weighted by Crippen LogP contribution is -2.43. The Bertz CT molecular complexity index is 1190. The first-order chi connectivity index (χ1) is 15.4. The maximum atomic E-state index is 14.5. The predicted octanol–water partition coefficient (Wildman–Crippen LogP) is 2.26. The third-order valence-electron chi connectivity index (χ3n) is 5.83. The van der Waals surface area contributed by atoms with Crippen molar-refractivity contribution in [1.82, 2.24) is 15.1 Å². The Morgan fingerprint density at radius 3 is 2.66 bits per heavy atom. The number of benzene rings is 2. The molecule has 9 heteroatoms. The summed E-state index contributed by atoms with van der Waals surface area (Å²) in [5, 5.41) is 2.46. The number of hydrogen-bond donors (Lipinski definition) is 1. The van der Waals surface area contributed by atoms with Crippen molar-refractivity contribution in [3.05, 3.63) is 70.5 Å². The highest BCUT2D eigenvalue weighted by atomic mass is 19.1. The summed E-state index contributed by atoms with van der Waals surface area (Å²) in [6, 6.07) is 10.1. The first-order valence-electron chi connectivity index (χ1n) is 10.1. The number of rotatable bonds is 3. The van der Waals surface area contributed by atoms with E-state index in [0.29, 0.717) is 35.4 Å². The molecule has 0 radical (unpaired) electrons. The van der Waals surface area contributed by atoms with E-state index in [2.05, 4.69) is 5.32 Å². The van der Waals surface area contributed by atoms with Crippen molar-refractivity contribution in [2.45, 2.75) is 12.5 Å². The predicted molar refractivity (Wildman–Crippen MR) is 111 cm³/mol. The van der Waals surface area contributed by atoms with E-state index in [1.165, 1.54) is 23.1 Å². The average molecular weight is 435 g/mol. The van der Waals surface area contributed by atoms with Crippen molar-refractivity contribution in [1.29, 1.82) is 0 Å². The Hall–Kier alpha value is -4.01. The summed E-state index contributed by atoms with van der Waals surface area (Å²) >= 11 is 0. The van der Waals surface area contributed by atoms with E-state index >= 15 is 0 Å². The van der Waals surface area contributed by atoms with Crippen molar-refractivity contribution in [3.8, 4) is 0 Å². The van der Waals surface area contributed by atoms with Crippen LogP contribution in [0.1, 0.15) is 38.3 Å². The van der Waals surface area contributed by atoms with Crippen LogP contribution in [0.5, 0.6) is 0 Å². The van der Waals surface area contributed by atoms with Crippen LogP contribution in [-0.2, 0) is 9.53 Å². The van der Waals surface area contributed by atoms with E-state index in [9.17, 15) is 23.6 Å². The Morgan fingerprint density at radius 1 is 1.12 bits per heavy atom. The second kappa shape index (κ2) is 7.60. The maximum Gasteiger partial charge on any atom is 0.344 e. The lowest BCUT2D eigenvalue weighted by atomic mass is 10.0. The molecule has 8 nitrogen and oxygen atoms in total. The fourth-order valence-corrected chi connectivity index (χ4v) is 4.25. The number of likely N-dealkylation sites (tertiary alicyclic amines) is 1. The minimum atomic E-state index is -0.681. The monoisotopic (exact) mass is 435 g/mol. The van der Waals surface area contributed by atoms with Gasteiger partial charge >= 0.3 is 12.0 Å². The van der Waals surface area contributed by atoms with Gasteiger partial charge in [0, 0.05) is 18.7 Å². The van der Waals surface area contributed by atoms with Crippen molar-refractivity contribution < 1.29 is 28.3 Å². The van der Waals surface area contributed by atoms with E-state index < -0.39 is 29.8 Å². The van der Waals surface area contributed by atoms with Crippen LogP contribution in [0.3, 0.4) is 0 Å². The molecule has 0 unspecified atom stereocenters. The molecule has 2 aromatic carbocycles. The number of hydrogen-bond acceptors (Lipinski definition) is 5. The molecule has 3 aliphatic heterocycles. The van der Waals surface area contributed by atoms with E-state index in [4.69, 9.17) is 4.74 Å². The van der Waals surface area contributed by atoms with Gasteiger partial charge in [-0.05, 0) is 36.3 Å². The van der Waals surface area contributed by atoms with Crippen LogP contribution in [0, 0.1) is 5.82 Å². The number of carbonyl (C=O) groups is 4. The topological polar surface area (TPSA) is 96.0 Å². The summed E-state index contributed by atoms with van der Waals surface area (Å²) in [5.74, 6) is -1.68. The van der Waals surface area contributed by atoms with E-state index in [1.807, 2.05) is 0 Å². The van der Waals surface area contributed by atoms with Gasteiger partial charge in [0.15, 0.2) is 0 Å². The quantitative estimate of drug-likeness (QED) is 0.590. The zero-order valence-electron chi connectivity index (χ0n) is 16.8. The Kier molecular flexibility index (Phi) is 4.73. The standard InChI is InChI=1S/C23H18FN3O5/c24-18-6-5-13(10-19-15-3-1-2-4-16(15)22(30)32-19)9-17(18)21(29)26-8-7-14(12-26)27-20(28)11-25-23(27)31/h1-6,9-10,14H,7-8,11-12H2,(H,25,31)/b19-10-/t14-/m1/s1. The zero-order chi connectivity index (χ0) is 22.4. The van der Waals surface area contributed by atoms with Gasteiger partial charge in [0.1, 0.15) is 11.6 Å². The van der Waals surface area contributed by atoms with Crippen LogP contribution in [0.2, 0.25) is 0 Å². The lowest BCUT2D eigenvalue weighted by Gasteiger charge is -2.21. The molecule has 0 saturated carbocycles. The van der Waals surface area contributed by atoms with Crippen LogP contribution in [0.25, 0.3) is 11.8 Å². The van der Waals surface area contributed by atoms with E-state index in [1.54, 1.807) is 30.3 Å². The van der Waals surface area contributed by atoms with Gasteiger partial charge in [-0.25, -0.2) is 14.0 Å². The van der Waals surface area contributed by atoms with Crippen molar-refractivity contribution in [2.75, 3.05) is 19.6 Å². The molecule has 0 aliphatic carbocycles. The number of amides is 4. The van der Waals surface area contributed by atoms with E-state index in [0.717, 1.165) is 4.90 Å². The van der Waals surface area contributed by atoms with Crippen LogP contribution in [-0.4, -0.2) is 59.3 Å². The molecule has 0 bridgehead atoms. The van der Waals surface area contributed by atoms with Crippen molar-refractivity contribution in [3.63, 3.8) is 0 Å². The van der Waals surface area contributed by atoms with Crippen LogP contribution in [0.4, 0.5) is 9.18 Å². The zero-order valence-corrected chi connectivity index (χ0v) is 16.8. The largest absolute Gasteiger partial charge is 0.422 e. The first-order valence-corrected chi connectivity index (χ1v) is 10.1. The third-order valence-corrected chi connectivity index (χ3v) is 5.83. The van der Waals surface area contributed by atoms with Crippen molar-refractivity contribution in [2.24, 2.45) is 0 Å². The van der Waals surface area contributed by atoms with Gasteiger partial charge < -0.3 is 15.0 Å². The summed E-state index contributed by atoms with van der Waals surface area (Å²) in [7, 11) is 0. The minimum absolute atomic E-state index is 0.0533. The van der Waals surface area contributed by atoms with Gasteiger partial charge in [-0.15, -0.1) is 0 Å². The van der Waals surface area contributed by atoms with Gasteiger partial charge in [-0.2, -0.15) is 0 Å². The number of ether oxygens (including phenoxy) is 1. The fraction of sp³-hybridized carbons (Fsp3) is 0.217. The second-order valence-corrected chi connectivity index (χ2v) is 7.80. The lowest BCUT2D eigenvalue weighted by molar-refractivity contribution is -0.126. The number of carbonyl (C=O) groups excluding carboxylic acids is 4. The van der Waals surface area contributed by atoms with Gasteiger partial charge in [0.05, 0.1) is 23.7 Å². The van der Waals surface area contributed by atoms with Crippen LogP contribution >= 0.6 is 0 Å². The molecule has 3 heterocycles. The number of cyclic esters (lactones) is 1. The Balaban J connectivity index is 1.38. The number of imide groups is 1. The van der Waals surface area contributed by atoms with Crippen LogP contribution in [0.15, 0.2) is 42.5 Å². The van der Waals surface area contributed by atoms with Gasteiger partial charge in [-0.1, -0.05) is 24.3 Å². The number of nitrogens with zero attached hydrogens (tertiary/aromatic N) is 2. The molecule has 1 N–H and O–H groups in total. The molecular formula is C23H18FN3O5. The highest BCUT2D eigenvalue weighted by Gasteiger charge is 2.40. The van der Waals surface area contributed by atoms with Gasteiger partial charge in [0.25, 0.3) is 5.91 Å². The summed E-state index contributed by atoms with van der Waals surface area (Å²) in [4.78, 5) is 51.4. The molecule has 3 aliphatic rings. The third kappa shape index (κ3) is 3.31. The van der Waals surface area contributed by atoms with Crippen molar-refractivity contribution >= 4 is 35.6 Å². The smallest absolute Gasteiger partial charge is 0.344 e. The van der Waals surface area contributed by atoms with Gasteiger partial charge in [-0.3, -0.25) is 14.5 Å². The summed E-state index contributed by atoms with van der Waals surface area (Å²) < 4.78 is 19.8. The number of urea groups is 1. The average Bonchev–Trinajstić information content (AvgIpc) is 3.47. The number of nitrogens with one attached hydrogen (secondary N) is 1. The molecule has 5 rings (SSSR count). The molecule has 162 valence electrons. The Labute approximate surface area is 182 Å². The molecule has 0 aromatic heterocycles. The fourth-order valence-electron chi connectivity index (χ4n) is 4.25. The maximum absolute atomic E-state index is 14.5. The molecule has 4 amide bonds. The molecule has 2 saturated heterocycles. The van der Waals surface area contributed by atoms with E-state index in [-0.39, 0.29) is 24.6 Å². The summed E-state index contributed by atoms with van der Waals surface area (Å²) in [6.45, 7) is 0.395. The SMILES string of the molecule is O=C1O/C(=C\c2ccc(F)c(C(=O)N3CC[C@@H](N4C(=O)CNC4=O)C3)c2)c2ccccc21. The molecule has 2 aromatic rings. The molecule has 1 atom stereocenters. The normalized spacial score (nSPS) is 21.2.